The molecule has 1 heterocycles. The number of rotatable bonds is 4. The molecule has 0 bridgehead atoms. The number of nitrogens with zero attached hydrogens (tertiary/aromatic N) is 2. The normalized spacial score (nSPS) is 15.4. The molecule has 0 aliphatic heterocycles. The number of carboxylic acids is 1. The van der Waals surface area contributed by atoms with Crippen molar-refractivity contribution in [3.63, 3.8) is 0 Å². The number of hydrogen-bond donors (Lipinski definition) is 1. The number of carbonyl (C=O) groups excluding carboxylic acids is 1. The summed E-state index contributed by atoms with van der Waals surface area (Å²) >= 11 is 4.42. The summed E-state index contributed by atoms with van der Waals surface area (Å²) in [5.74, 6) is -1.29. The third-order valence-electron chi connectivity index (χ3n) is 2.81. The van der Waals surface area contributed by atoms with Crippen molar-refractivity contribution in [1.82, 2.24) is 9.27 Å². The van der Waals surface area contributed by atoms with Crippen LogP contribution in [-0.4, -0.2) is 38.8 Å². The minimum absolute atomic E-state index is 0.0483. The van der Waals surface area contributed by atoms with E-state index >= 15 is 0 Å². The summed E-state index contributed by atoms with van der Waals surface area (Å²) in [5, 5.41) is 10.6. The fourth-order valence-corrected chi connectivity index (χ4v) is 2.88. The molecule has 1 aromatic heterocycles. The highest BCUT2D eigenvalue weighted by atomic mass is 79.9. The van der Waals surface area contributed by atoms with E-state index in [1.54, 1.807) is 5.38 Å². The van der Waals surface area contributed by atoms with E-state index in [0.717, 1.165) is 19.3 Å². The Bertz CT molecular complexity index is 445. The van der Waals surface area contributed by atoms with Crippen LogP contribution in [0, 0.1) is 0 Å². The first-order valence-electron chi connectivity index (χ1n) is 5.22. The second kappa shape index (κ2) is 5.14. The van der Waals surface area contributed by atoms with Gasteiger partial charge in [0.2, 0.25) is 0 Å². The van der Waals surface area contributed by atoms with Gasteiger partial charge in [-0.1, -0.05) is 0 Å². The van der Waals surface area contributed by atoms with Gasteiger partial charge in [-0.3, -0.25) is 9.59 Å². The summed E-state index contributed by atoms with van der Waals surface area (Å²) in [6, 6.07) is 0.0483. The zero-order valence-corrected chi connectivity index (χ0v) is 11.3. The number of hydrogen-bond acceptors (Lipinski definition) is 4. The number of aliphatic carboxylic acids is 1. The van der Waals surface area contributed by atoms with E-state index in [2.05, 4.69) is 20.3 Å². The van der Waals surface area contributed by atoms with Crippen LogP contribution in [0.3, 0.4) is 0 Å². The van der Waals surface area contributed by atoms with Crippen molar-refractivity contribution in [2.24, 2.45) is 0 Å². The number of carbonyl (C=O) groups is 2. The molecule has 0 radical (unpaired) electrons. The van der Waals surface area contributed by atoms with E-state index in [0.29, 0.717) is 10.2 Å². The summed E-state index contributed by atoms with van der Waals surface area (Å²) in [5.41, 5.74) is 0.308. The largest absolute Gasteiger partial charge is 0.480 e. The lowest BCUT2D eigenvalue weighted by molar-refractivity contribution is -0.138. The quantitative estimate of drug-likeness (QED) is 0.921. The van der Waals surface area contributed by atoms with Gasteiger partial charge in [0.25, 0.3) is 5.91 Å². The molecule has 0 spiro atoms. The number of aromatic nitrogens is 1. The van der Waals surface area contributed by atoms with Crippen molar-refractivity contribution < 1.29 is 14.7 Å². The van der Waals surface area contributed by atoms with Gasteiger partial charge in [-0.15, -0.1) is 0 Å². The van der Waals surface area contributed by atoms with Gasteiger partial charge >= 0.3 is 5.97 Å². The third kappa shape index (κ3) is 2.66. The van der Waals surface area contributed by atoms with Crippen LogP contribution in [-0.2, 0) is 4.79 Å². The van der Waals surface area contributed by atoms with Crippen molar-refractivity contribution in [2.75, 3.05) is 6.54 Å². The highest BCUT2D eigenvalue weighted by molar-refractivity contribution is 9.10. The number of amides is 1. The van der Waals surface area contributed by atoms with E-state index in [1.165, 1.54) is 16.4 Å². The van der Waals surface area contributed by atoms with E-state index in [-0.39, 0.29) is 18.5 Å². The van der Waals surface area contributed by atoms with E-state index in [1.807, 2.05) is 0 Å². The highest BCUT2D eigenvalue weighted by Crippen LogP contribution is 2.27. The van der Waals surface area contributed by atoms with Crippen molar-refractivity contribution in [3.05, 3.63) is 15.5 Å². The second-order valence-electron chi connectivity index (χ2n) is 3.92. The molecule has 1 fully saturated rings. The molecule has 1 aromatic rings. The van der Waals surface area contributed by atoms with Crippen LogP contribution in [0.1, 0.15) is 29.8 Å². The summed E-state index contributed by atoms with van der Waals surface area (Å²) < 4.78 is 4.62. The van der Waals surface area contributed by atoms with Gasteiger partial charge in [0, 0.05) is 11.4 Å². The van der Waals surface area contributed by atoms with E-state index in [4.69, 9.17) is 5.11 Å². The molecule has 1 amide bonds. The van der Waals surface area contributed by atoms with Gasteiger partial charge in [0.05, 0.1) is 4.47 Å². The molecule has 92 valence electrons. The maximum absolute atomic E-state index is 12.2. The smallest absolute Gasteiger partial charge is 0.323 e. The van der Waals surface area contributed by atoms with Crippen molar-refractivity contribution in [2.45, 2.75) is 25.3 Å². The lowest BCUT2D eigenvalue weighted by Gasteiger charge is -2.36. The first-order valence-corrected chi connectivity index (χ1v) is 6.85. The minimum atomic E-state index is -0.989. The lowest BCUT2D eigenvalue weighted by atomic mass is 9.91. The Morgan fingerprint density at radius 3 is 2.71 bits per heavy atom. The Labute approximate surface area is 111 Å². The molecule has 1 N–H and O–H groups in total. The molecule has 0 unspecified atom stereocenters. The third-order valence-corrected chi connectivity index (χ3v) is 4.35. The Hall–Kier alpha value is -0.950. The molecule has 0 saturated heterocycles. The molecular weight excluding hydrogens is 308 g/mol. The van der Waals surface area contributed by atoms with E-state index in [9.17, 15) is 9.59 Å². The van der Waals surface area contributed by atoms with Crippen LogP contribution in [0.5, 0.6) is 0 Å². The zero-order chi connectivity index (χ0) is 12.4. The molecule has 1 saturated carbocycles. The number of carboxylic acid groups (broad SMARTS) is 1. The molecule has 1 aliphatic carbocycles. The van der Waals surface area contributed by atoms with Crippen LogP contribution in [0.25, 0.3) is 0 Å². The maximum atomic E-state index is 12.2. The SMILES string of the molecule is O=C(O)CN(C(=O)c1nscc1Br)C1CCC1. The molecule has 7 heteroatoms. The summed E-state index contributed by atoms with van der Waals surface area (Å²) in [4.78, 5) is 24.4. The Morgan fingerprint density at radius 2 is 2.29 bits per heavy atom. The molecule has 2 rings (SSSR count). The van der Waals surface area contributed by atoms with Crippen LogP contribution in [0.2, 0.25) is 0 Å². The average molecular weight is 319 g/mol. The second-order valence-corrected chi connectivity index (χ2v) is 5.41. The summed E-state index contributed by atoms with van der Waals surface area (Å²) in [7, 11) is 0. The first-order chi connectivity index (χ1) is 8.09. The Kier molecular flexibility index (Phi) is 3.78. The fourth-order valence-electron chi connectivity index (χ4n) is 1.71. The van der Waals surface area contributed by atoms with Crippen LogP contribution < -0.4 is 0 Å². The molecular formula is C10H11BrN2O3S. The Morgan fingerprint density at radius 1 is 1.59 bits per heavy atom. The zero-order valence-electron chi connectivity index (χ0n) is 8.93. The van der Waals surface area contributed by atoms with Crippen molar-refractivity contribution in [3.8, 4) is 0 Å². The summed E-state index contributed by atoms with van der Waals surface area (Å²) in [6.07, 6.45) is 2.80. The number of halogens is 1. The monoisotopic (exact) mass is 318 g/mol. The van der Waals surface area contributed by atoms with Crippen LogP contribution in [0.15, 0.2) is 9.85 Å². The van der Waals surface area contributed by atoms with Gasteiger partial charge in [-0.25, -0.2) is 0 Å². The van der Waals surface area contributed by atoms with Crippen LogP contribution in [0.4, 0.5) is 0 Å². The fraction of sp³-hybridized carbons (Fsp3) is 0.500. The van der Waals surface area contributed by atoms with E-state index < -0.39 is 5.97 Å². The predicted octanol–water partition coefficient (Wildman–Crippen LogP) is 1.98. The minimum Gasteiger partial charge on any atom is -0.480 e. The molecule has 17 heavy (non-hydrogen) atoms. The topological polar surface area (TPSA) is 70.5 Å². The average Bonchev–Trinajstić information content (AvgIpc) is 2.59. The molecule has 1 aliphatic rings. The predicted molar refractivity (Wildman–Crippen MR) is 66.1 cm³/mol. The maximum Gasteiger partial charge on any atom is 0.323 e. The van der Waals surface area contributed by atoms with Crippen molar-refractivity contribution >= 4 is 39.3 Å². The molecule has 5 nitrogen and oxygen atoms in total. The summed E-state index contributed by atoms with van der Waals surface area (Å²) in [6.45, 7) is -0.256. The van der Waals surface area contributed by atoms with Gasteiger partial charge in [-0.2, -0.15) is 4.37 Å². The van der Waals surface area contributed by atoms with Gasteiger partial charge in [-0.05, 0) is 46.7 Å². The molecule has 0 aromatic carbocycles. The lowest BCUT2D eigenvalue weighted by Crippen LogP contribution is -2.47. The first kappa shape index (κ1) is 12.5. The van der Waals surface area contributed by atoms with Crippen LogP contribution >= 0.6 is 27.5 Å². The highest BCUT2D eigenvalue weighted by Gasteiger charge is 2.32. The Balaban J connectivity index is 2.17. The van der Waals surface area contributed by atoms with Crippen molar-refractivity contribution in [1.29, 1.82) is 0 Å². The van der Waals surface area contributed by atoms with Gasteiger partial charge in [0.1, 0.15) is 6.54 Å². The van der Waals surface area contributed by atoms with Gasteiger partial charge in [0.15, 0.2) is 5.69 Å². The molecule has 0 atom stereocenters. The standard InChI is InChI=1S/C10H11BrN2O3S/c11-7-5-17-12-9(7)10(16)13(4-8(14)15)6-2-1-3-6/h5-6H,1-4H2,(H,14,15). The van der Waals surface area contributed by atoms with Gasteiger partial charge < -0.3 is 10.0 Å².